The maximum atomic E-state index is 14.1. The first-order valence-corrected chi connectivity index (χ1v) is 9.64. The summed E-state index contributed by atoms with van der Waals surface area (Å²) in [6, 6.07) is 9.82. The molecular weight excluding hydrogens is 341 g/mol. The van der Waals surface area contributed by atoms with Crippen LogP contribution >= 0.6 is 0 Å². The Morgan fingerprint density at radius 2 is 1.68 bits per heavy atom. The molecule has 130 valence electrons. The first-order chi connectivity index (χ1) is 11.7. The van der Waals surface area contributed by atoms with Crippen molar-refractivity contribution in [2.75, 3.05) is 12.0 Å². The molecule has 0 saturated heterocycles. The lowest BCUT2D eigenvalue weighted by molar-refractivity contribution is 0.591. The van der Waals surface area contributed by atoms with Crippen LogP contribution in [0.25, 0.3) is 22.0 Å². The van der Waals surface area contributed by atoms with E-state index in [-0.39, 0.29) is 16.9 Å². The second-order valence-corrected chi connectivity index (χ2v) is 8.13. The van der Waals surface area contributed by atoms with E-state index in [9.17, 15) is 12.8 Å². The van der Waals surface area contributed by atoms with Crippen molar-refractivity contribution in [3.8, 4) is 11.3 Å². The van der Waals surface area contributed by atoms with Gasteiger partial charge in [-0.05, 0) is 23.4 Å². The Morgan fingerprint density at radius 1 is 1.04 bits per heavy atom. The predicted molar refractivity (Wildman–Crippen MR) is 96.5 cm³/mol. The number of anilines is 1. The summed E-state index contributed by atoms with van der Waals surface area (Å²) in [7, 11) is -3.62. The van der Waals surface area contributed by atoms with Gasteiger partial charge in [-0.3, -0.25) is 0 Å². The Labute approximate surface area is 145 Å². The molecule has 0 aliphatic heterocycles. The van der Waals surface area contributed by atoms with Crippen LogP contribution in [0.2, 0.25) is 0 Å². The van der Waals surface area contributed by atoms with Gasteiger partial charge < -0.3 is 5.73 Å². The van der Waals surface area contributed by atoms with E-state index < -0.39 is 9.84 Å². The maximum absolute atomic E-state index is 14.1. The Bertz CT molecular complexity index is 1080. The quantitative estimate of drug-likeness (QED) is 0.723. The van der Waals surface area contributed by atoms with Gasteiger partial charge in [0.05, 0.1) is 17.1 Å². The van der Waals surface area contributed by atoms with Crippen LogP contribution < -0.4 is 5.73 Å². The number of nitrogens with two attached hydrogens (primary N) is 1. The molecule has 3 rings (SSSR count). The fourth-order valence-corrected chi connectivity index (χ4v) is 3.27. The Morgan fingerprint density at radius 3 is 2.28 bits per heavy atom. The van der Waals surface area contributed by atoms with E-state index in [1.165, 1.54) is 6.07 Å². The summed E-state index contributed by atoms with van der Waals surface area (Å²) in [5.74, 6) is -0.451. The van der Waals surface area contributed by atoms with Gasteiger partial charge in [-0.15, -0.1) is 0 Å². The molecule has 0 radical (unpaired) electrons. The molecule has 25 heavy (non-hydrogen) atoms. The molecule has 0 aliphatic rings. The number of nitrogens with zero attached hydrogens (tertiary/aromatic N) is 2. The SMILES string of the molecule is CC(C)c1nc(S(C)(=O)=O)nc(-c2ccc(F)c3ccccc23)c1N. The monoisotopic (exact) mass is 359 g/mol. The molecule has 0 atom stereocenters. The van der Waals surface area contributed by atoms with Crippen molar-refractivity contribution in [2.24, 2.45) is 0 Å². The third kappa shape index (κ3) is 3.07. The highest BCUT2D eigenvalue weighted by atomic mass is 32.2. The molecular formula is C18H18FN3O2S. The fraction of sp³-hybridized carbons (Fsp3) is 0.222. The average molecular weight is 359 g/mol. The molecule has 1 aromatic heterocycles. The number of sulfone groups is 1. The summed E-state index contributed by atoms with van der Waals surface area (Å²) in [5, 5.41) is 0.751. The summed E-state index contributed by atoms with van der Waals surface area (Å²) in [4.78, 5) is 8.32. The molecule has 0 saturated carbocycles. The van der Waals surface area contributed by atoms with Crippen LogP contribution in [0.4, 0.5) is 10.1 Å². The lowest BCUT2D eigenvalue weighted by Gasteiger charge is -2.15. The lowest BCUT2D eigenvalue weighted by Crippen LogP contribution is -2.12. The summed E-state index contributed by atoms with van der Waals surface area (Å²) in [5.41, 5.74) is 7.88. The number of rotatable bonds is 3. The van der Waals surface area contributed by atoms with Crippen molar-refractivity contribution in [3.63, 3.8) is 0 Å². The Balaban J connectivity index is 2.42. The van der Waals surface area contributed by atoms with Crippen LogP contribution in [0.5, 0.6) is 0 Å². The molecule has 0 aliphatic carbocycles. The van der Waals surface area contributed by atoms with E-state index in [4.69, 9.17) is 5.73 Å². The second kappa shape index (κ2) is 6.07. The number of halogens is 1. The van der Waals surface area contributed by atoms with Gasteiger partial charge in [0.15, 0.2) is 0 Å². The number of hydrogen-bond donors (Lipinski definition) is 1. The molecule has 0 spiro atoms. The van der Waals surface area contributed by atoms with E-state index in [1.807, 2.05) is 13.8 Å². The van der Waals surface area contributed by atoms with Crippen molar-refractivity contribution < 1.29 is 12.8 Å². The standard InChI is InChI=1S/C18H18FN3O2S/c1-10(2)16-15(20)17(22-18(21-16)25(3,23)24)13-8-9-14(19)12-7-5-4-6-11(12)13/h4-10H,20H2,1-3H3. The van der Waals surface area contributed by atoms with E-state index in [0.717, 1.165) is 6.26 Å². The Kier molecular flexibility index (Phi) is 4.20. The Hall–Kier alpha value is -2.54. The van der Waals surface area contributed by atoms with Gasteiger partial charge in [-0.2, -0.15) is 0 Å². The minimum absolute atomic E-state index is 0.0889. The molecule has 0 unspecified atom stereocenters. The van der Waals surface area contributed by atoms with E-state index in [1.54, 1.807) is 30.3 Å². The van der Waals surface area contributed by atoms with Gasteiger partial charge in [0, 0.05) is 17.2 Å². The average Bonchev–Trinajstić information content (AvgIpc) is 2.55. The minimum atomic E-state index is -3.62. The van der Waals surface area contributed by atoms with Crippen LogP contribution in [-0.4, -0.2) is 24.6 Å². The van der Waals surface area contributed by atoms with E-state index >= 15 is 0 Å². The molecule has 7 heteroatoms. The summed E-state index contributed by atoms with van der Waals surface area (Å²) < 4.78 is 38.1. The summed E-state index contributed by atoms with van der Waals surface area (Å²) >= 11 is 0. The summed E-state index contributed by atoms with van der Waals surface area (Å²) in [6.07, 6.45) is 1.05. The lowest BCUT2D eigenvalue weighted by atomic mass is 9.98. The molecule has 0 bridgehead atoms. The molecule has 1 heterocycles. The largest absolute Gasteiger partial charge is 0.395 e. The minimum Gasteiger partial charge on any atom is -0.395 e. The number of fused-ring (bicyclic) bond motifs is 1. The van der Waals surface area contributed by atoms with Crippen molar-refractivity contribution in [3.05, 3.63) is 47.9 Å². The highest BCUT2D eigenvalue weighted by molar-refractivity contribution is 7.90. The number of nitrogen functional groups attached to an aromatic ring is 1. The number of hydrogen-bond acceptors (Lipinski definition) is 5. The molecule has 3 aromatic rings. The van der Waals surface area contributed by atoms with Crippen molar-refractivity contribution in [2.45, 2.75) is 24.9 Å². The normalized spacial score (nSPS) is 12.0. The third-order valence-electron chi connectivity index (χ3n) is 3.96. The highest BCUT2D eigenvalue weighted by Crippen LogP contribution is 2.35. The van der Waals surface area contributed by atoms with Crippen molar-refractivity contribution in [1.29, 1.82) is 0 Å². The number of aromatic nitrogens is 2. The topological polar surface area (TPSA) is 85.9 Å². The van der Waals surface area contributed by atoms with Crippen LogP contribution in [0.15, 0.2) is 41.6 Å². The molecule has 5 nitrogen and oxygen atoms in total. The smallest absolute Gasteiger partial charge is 0.247 e. The van der Waals surface area contributed by atoms with E-state index in [2.05, 4.69) is 9.97 Å². The zero-order valence-electron chi connectivity index (χ0n) is 14.1. The fourth-order valence-electron chi connectivity index (χ4n) is 2.75. The van der Waals surface area contributed by atoms with Crippen LogP contribution in [-0.2, 0) is 9.84 Å². The molecule has 0 fully saturated rings. The maximum Gasteiger partial charge on any atom is 0.247 e. The van der Waals surface area contributed by atoms with Crippen molar-refractivity contribution in [1.82, 2.24) is 9.97 Å². The van der Waals surface area contributed by atoms with Crippen molar-refractivity contribution >= 4 is 26.3 Å². The first-order valence-electron chi connectivity index (χ1n) is 7.75. The van der Waals surface area contributed by atoms with Crippen LogP contribution in [0, 0.1) is 5.82 Å². The van der Waals surface area contributed by atoms with Gasteiger partial charge >= 0.3 is 0 Å². The predicted octanol–water partition coefficient (Wildman–Crippen LogP) is 3.55. The first kappa shape index (κ1) is 17.3. The zero-order chi connectivity index (χ0) is 18.4. The summed E-state index contributed by atoms with van der Waals surface area (Å²) in [6.45, 7) is 3.74. The third-order valence-corrected chi connectivity index (χ3v) is 4.80. The van der Waals surface area contributed by atoms with Gasteiger partial charge in [0.1, 0.15) is 5.82 Å². The molecule has 0 amide bonds. The van der Waals surface area contributed by atoms with Gasteiger partial charge in [0.25, 0.3) is 0 Å². The highest BCUT2D eigenvalue weighted by Gasteiger charge is 2.22. The number of benzene rings is 2. The van der Waals surface area contributed by atoms with Crippen LogP contribution in [0.3, 0.4) is 0 Å². The van der Waals surface area contributed by atoms with E-state index in [0.29, 0.717) is 33.4 Å². The molecule has 2 N–H and O–H groups in total. The molecule has 2 aromatic carbocycles. The second-order valence-electron chi connectivity index (χ2n) is 6.22. The van der Waals surface area contributed by atoms with Crippen LogP contribution in [0.1, 0.15) is 25.5 Å². The van der Waals surface area contributed by atoms with Gasteiger partial charge in [-0.1, -0.05) is 38.1 Å². The van der Waals surface area contributed by atoms with Gasteiger partial charge in [-0.25, -0.2) is 22.8 Å². The zero-order valence-corrected chi connectivity index (χ0v) is 14.9. The van der Waals surface area contributed by atoms with Gasteiger partial charge in [0.2, 0.25) is 15.0 Å².